The number of pyridine rings is 2. The standard InChI is InChI=1S/C62H40N6/c1-3-13-39(14-4-1)61-65-55(43-19-9-17-41(31-43)47-21-11-29-63-37-47)35-57(67-61)45-25-27-51-53(33-45)59-49-23-7-8-24-50(49)60(51)54-34-46(26-28-52(54)59)58-36-56(66-62(68-58)40-15-5-2-6-16-40)44-20-10-18-42(32-44)48-22-12-30-64-38-48/h1-38,59-60H. The monoisotopic (exact) mass is 868 g/mol. The largest absolute Gasteiger partial charge is 0.264 e. The maximum atomic E-state index is 5.27. The zero-order chi connectivity index (χ0) is 45.0. The third-order valence-electron chi connectivity index (χ3n) is 13.4. The van der Waals surface area contributed by atoms with Crippen LogP contribution in [-0.4, -0.2) is 29.9 Å². The summed E-state index contributed by atoms with van der Waals surface area (Å²) in [6, 6.07) is 72.9. The highest BCUT2D eigenvalue weighted by atomic mass is 14.9. The van der Waals surface area contributed by atoms with Gasteiger partial charge in [-0.15, -0.1) is 0 Å². The van der Waals surface area contributed by atoms with Gasteiger partial charge in [-0.05, 0) is 93.0 Å². The van der Waals surface area contributed by atoms with Crippen molar-refractivity contribution in [3.63, 3.8) is 0 Å². The molecule has 3 aliphatic rings. The van der Waals surface area contributed by atoms with Gasteiger partial charge in [0.25, 0.3) is 0 Å². The molecule has 0 N–H and O–H groups in total. The van der Waals surface area contributed by atoms with Gasteiger partial charge in [0.15, 0.2) is 11.6 Å². The van der Waals surface area contributed by atoms with Crippen LogP contribution >= 0.6 is 0 Å². The minimum Gasteiger partial charge on any atom is -0.264 e. The summed E-state index contributed by atoms with van der Waals surface area (Å²) < 4.78 is 0. The van der Waals surface area contributed by atoms with Gasteiger partial charge in [0.1, 0.15) is 0 Å². The molecule has 2 atom stereocenters. The average molecular weight is 869 g/mol. The molecule has 2 bridgehead atoms. The molecule has 0 aliphatic heterocycles. The Morgan fingerprint density at radius 3 is 1.00 bits per heavy atom. The Labute approximate surface area is 394 Å². The average Bonchev–Trinajstić information content (AvgIpc) is 3.43. The molecule has 11 aromatic rings. The molecule has 0 saturated carbocycles. The van der Waals surface area contributed by atoms with Crippen LogP contribution < -0.4 is 0 Å². The molecule has 0 fully saturated rings. The predicted octanol–water partition coefficient (Wildman–Crippen LogP) is 14.4. The molecule has 4 aromatic heterocycles. The number of rotatable bonds is 8. The van der Waals surface area contributed by atoms with Crippen molar-refractivity contribution in [3.8, 4) is 90.1 Å². The predicted molar refractivity (Wildman–Crippen MR) is 271 cm³/mol. The van der Waals surface area contributed by atoms with Gasteiger partial charge in [-0.25, -0.2) is 19.9 Å². The van der Waals surface area contributed by atoms with E-state index in [1.165, 1.54) is 33.4 Å². The molecule has 0 radical (unpaired) electrons. The van der Waals surface area contributed by atoms with Gasteiger partial charge in [-0.3, -0.25) is 9.97 Å². The lowest BCUT2D eigenvalue weighted by molar-refractivity contribution is 0.755. The van der Waals surface area contributed by atoms with E-state index in [1.54, 1.807) is 12.4 Å². The molecule has 4 heterocycles. The van der Waals surface area contributed by atoms with E-state index >= 15 is 0 Å². The third-order valence-corrected chi connectivity index (χ3v) is 13.4. The fraction of sp³-hybridized carbons (Fsp3) is 0.0323. The van der Waals surface area contributed by atoms with Gasteiger partial charge in [-0.2, -0.15) is 0 Å². The van der Waals surface area contributed by atoms with Crippen molar-refractivity contribution in [2.75, 3.05) is 0 Å². The van der Waals surface area contributed by atoms with E-state index in [0.717, 1.165) is 78.4 Å². The smallest absolute Gasteiger partial charge is 0.160 e. The maximum absolute atomic E-state index is 5.27. The zero-order valence-electron chi connectivity index (χ0n) is 36.8. The van der Waals surface area contributed by atoms with Crippen molar-refractivity contribution in [1.29, 1.82) is 0 Å². The van der Waals surface area contributed by atoms with Crippen LogP contribution in [0, 0.1) is 0 Å². The lowest BCUT2D eigenvalue weighted by Crippen LogP contribution is -2.27. The lowest BCUT2D eigenvalue weighted by atomic mass is 9.60. The summed E-state index contributed by atoms with van der Waals surface area (Å²) >= 11 is 0. The van der Waals surface area contributed by atoms with Crippen molar-refractivity contribution in [3.05, 3.63) is 264 Å². The van der Waals surface area contributed by atoms with Crippen LogP contribution in [0.2, 0.25) is 0 Å². The zero-order valence-corrected chi connectivity index (χ0v) is 36.8. The highest BCUT2D eigenvalue weighted by Gasteiger charge is 2.41. The van der Waals surface area contributed by atoms with Crippen LogP contribution in [0.1, 0.15) is 45.2 Å². The van der Waals surface area contributed by atoms with Crippen LogP contribution in [0.5, 0.6) is 0 Å². The molecule has 14 rings (SSSR count). The Kier molecular flexibility index (Phi) is 9.53. The summed E-state index contributed by atoms with van der Waals surface area (Å²) in [4.78, 5) is 29.6. The van der Waals surface area contributed by atoms with Crippen molar-refractivity contribution in [2.24, 2.45) is 0 Å². The Balaban J connectivity index is 0.922. The molecule has 7 aromatic carbocycles. The number of benzene rings is 7. The highest BCUT2D eigenvalue weighted by molar-refractivity contribution is 5.80. The molecular formula is C62H40N6. The normalized spacial score (nSPS) is 14.2. The Bertz CT molecular complexity index is 3440. The fourth-order valence-corrected chi connectivity index (χ4v) is 10.2. The van der Waals surface area contributed by atoms with Crippen molar-refractivity contribution in [1.82, 2.24) is 29.9 Å². The highest BCUT2D eigenvalue weighted by Crippen LogP contribution is 2.56. The Morgan fingerprint density at radius 2 is 0.588 bits per heavy atom. The second-order valence-corrected chi connectivity index (χ2v) is 17.5. The molecule has 6 heteroatoms. The van der Waals surface area contributed by atoms with Crippen molar-refractivity contribution < 1.29 is 0 Å². The van der Waals surface area contributed by atoms with Gasteiger partial charge in [0.2, 0.25) is 0 Å². The summed E-state index contributed by atoms with van der Waals surface area (Å²) in [5.74, 6) is 1.49. The summed E-state index contributed by atoms with van der Waals surface area (Å²) in [6.45, 7) is 0. The molecule has 3 aliphatic carbocycles. The first kappa shape index (κ1) is 39.4. The SMILES string of the molecule is c1ccc(-c2nc(-c3cccc(-c4cccnc4)c3)cc(-c3ccc4c(c3)C3c5ccccc5C4c4cc(-c5cc(-c6cccc(-c7cccnc7)c6)nc(-c6ccccc6)n5)ccc43)n2)cc1. The van der Waals surface area contributed by atoms with Crippen LogP contribution in [0.3, 0.4) is 0 Å². The number of hydrogen-bond donors (Lipinski definition) is 0. The second-order valence-electron chi connectivity index (χ2n) is 17.5. The molecule has 0 amide bonds. The summed E-state index contributed by atoms with van der Waals surface area (Å²) in [7, 11) is 0. The molecule has 2 unspecified atom stereocenters. The molecule has 318 valence electrons. The van der Waals surface area contributed by atoms with E-state index in [-0.39, 0.29) is 11.8 Å². The number of aromatic nitrogens is 6. The summed E-state index contributed by atoms with van der Waals surface area (Å²) in [5, 5.41) is 0. The minimum atomic E-state index is 0.0531. The molecule has 6 nitrogen and oxygen atoms in total. The van der Waals surface area contributed by atoms with E-state index in [1.807, 2.05) is 60.9 Å². The van der Waals surface area contributed by atoms with Crippen molar-refractivity contribution >= 4 is 0 Å². The maximum Gasteiger partial charge on any atom is 0.160 e. The van der Waals surface area contributed by atoms with Gasteiger partial charge >= 0.3 is 0 Å². The van der Waals surface area contributed by atoms with E-state index < -0.39 is 0 Å². The van der Waals surface area contributed by atoms with Gasteiger partial charge in [0.05, 0.1) is 22.8 Å². The van der Waals surface area contributed by atoms with Crippen LogP contribution in [-0.2, 0) is 0 Å². The lowest BCUT2D eigenvalue weighted by Gasteiger charge is -2.42. The Morgan fingerprint density at radius 1 is 0.235 bits per heavy atom. The quantitative estimate of drug-likeness (QED) is 0.151. The first-order valence-corrected chi connectivity index (χ1v) is 23.0. The fourth-order valence-electron chi connectivity index (χ4n) is 10.2. The first-order valence-electron chi connectivity index (χ1n) is 23.0. The molecular weight excluding hydrogens is 829 g/mol. The summed E-state index contributed by atoms with van der Waals surface area (Å²) in [6.07, 6.45) is 7.41. The third kappa shape index (κ3) is 6.98. The van der Waals surface area contributed by atoms with Crippen LogP contribution in [0.4, 0.5) is 0 Å². The topological polar surface area (TPSA) is 77.3 Å². The van der Waals surface area contributed by atoms with E-state index in [4.69, 9.17) is 19.9 Å². The van der Waals surface area contributed by atoms with E-state index in [0.29, 0.717) is 11.6 Å². The molecule has 68 heavy (non-hydrogen) atoms. The van der Waals surface area contributed by atoms with E-state index in [9.17, 15) is 0 Å². The van der Waals surface area contributed by atoms with E-state index in [2.05, 4.69) is 168 Å². The second kappa shape index (κ2) is 16.5. The number of nitrogens with zero attached hydrogens (tertiary/aromatic N) is 6. The molecule has 0 saturated heterocycles. The minimum absolute atomic E-state index is 0.0531. The van der Waals surface area contributed by atoms with Gasteiger partial charge in [0, 0.05) is 81.1 Å². The van der Waals surface area contributed by atoms with Gasteiger partial charge < -0.3 is 0 Å². The first-order chi connectivity index (χ1) is 33.7. The van der Waals surface area contributed by atoms with Crippen molar-refractivity contribution in [2.45, 2.75) is 11.8 Å². The van der Waals surface area contributed by atoms with Crippen LogP contribution in [0.25, 0.3) is 90.1 Å². The number of hydrogen-bond acceptors (Lipinski definition) is 6. The van der Waals surface area contributed by atoms with Crippen LogP contribution in [0.15, 0.2) is 231 Å². The summed E-state index contributed by atoms with van der Waals surface area (Å²) in [5.41, 5.74) is 21.9. The van der Waals surface area contributed by atoms with Gasteiger partial charge in [-0.1, -0.05) is 158 Å². The molecule has 0 spiro atoms. The Hall–Kier alpha value is -9.00.